The Labute approximate surface area is 91.1 Å². The molecule has 1 aliphatic rings. The molecule has 0 bridgehead atoms. The van der Waals surface area contributed by atoms with Crippen LogP contribution in [-0.2, 0) is 4.74 Å². The summed E-state index contributed by atoms with van der Waals surface area (Å²) in [5.74, 6) is 0. The molecule has 1 saturated heterocycles. The van der Waals surface area contributed by atoms with Gasteiger partial charge in [0.05, 0.1) is 6.10 Å². The minimum absolute atomic E-state index is 0.336. The predicted octanol–water partition coefficient (Wildman–Crippen LogP) is 3.65. The molecule has 15 heavy (non-hydrogen) atoms. The number of allylic oxidation sites excluding steroid dienone is 3. The molecule has 0 amide bonds. The summed E-state index contributed by atoms with van der Waals surface area (Å²) in [5.41, 5.74) is 1.30. The number of epoxide rings is 1. The molecule has 1 aromatic rings. The molecule has 1 heterocycles. The van der Waals surface area contributed by atoms with Crippen LogP contribution in [0.3, 0.4) is 0 Å². The Morgan fingerprint density at radius 1 is 1.27 bits per heavy atom. The van der Waals surface area contributed by atoms with Gasteiger partial charge in [0.25, 0.3) is 0 Å². The molecule has 1 nitrogen and oxygen atoms in total. The van der Waals surface area contributed by atoms with Crippen LogP contribution in [0, 0.1) is 0 Å². The van der Waals surface area contributed by atoms with Crippen molar-refractivity contribution in [1.82, 2.24) is 0 Å². The lowest BCUT2D eigenvalue weighted by atomic mass is 10.1. The number of benzene rings is 1. The van der Waals surface area contributed by atoms with Crippen LogP contribution in [0.1, 0.15) is 24.5 Å². The Balaban J connectivity index is 1.77. The van der Waals surface area contributed by atoms with E-state index in [2.05, 4.69) is 36.9 Å². The highest BCUT2D eigenvalue weighted by molar-refractivity contribution is 5.22. The molecule has 78 valence electrons. The maximum atomic E-state index is 5.62. The van der Waals surface area contributed by atoms with Gasteiger partial charge in [-0.15, -0.1) is 0 Å². The highest BCUT2D eigenvalue weighted by atomic mass is 16.6. The molecule has 2 rings (SSSR count). The first-order valence-electron chi connectivity index (χ1n) is 5.40. The molecule has 0 spiro atoms. The van der Waals surface area contributed by atoms with E-state index in [1.807, 2.05) is 18.2 Å². The lowest BCUT2D eigenvalue weighted by Gasteiger charge is -1.93. The van der Waals surface area contributed by atoms with Gasteiger partial charge in [-0.2, -0.15) is 0 Å². The van der Waals surface area contributed by atoms with Gasteiger partial charge >= 0.3 is 0 Å². The smallest absolute Gasteiger partial charge is 0.109 e. The average molecular weight is 200 g/mol. The van der Waals surface area contributed by atoms with Gasteiger partial charge in [-0.05, 0) is 18.4 Å². The predicted molar refractivity (Wildman–Crippen MR) is 62.6 cm³/mol. The van der Waals surface area contributed by atoms with Crippen LogP contribution >= 0.6 is 0 Å². The van der Waals surface area contributed by atoms with Gasteiger partial charge in [0, 0.05) is 0 Å². The zero-order valence-corrected chi connectivity index (χ0v) is 8.80. The summed E-state index contributed by atoms with van der Waals surface area (Å²) in [6.45, 7) is 3.64. The second-order valence-corrected chi connectivity index (χ2v) is 3.75. The van der Waals surface area contributed by atoms with Crippen molar-refractivity contribution in [2.45, 2.75) is 25.0 Å². The summed E-state index contributed by atoms with van der Waals surface area (Å²) in [6, 6.07) is 10.4. The van der Waals surface area contributed by atoms with Crippen LogP contribution in [0.25, 0.3) is 0 Å². The van der Waals surface area contributed by atoms with E-state index in [4.69, 9.17) is 4.74 Å². The molecular weight excluding hydrogens is 184 g/mol. The fourth-order valence-electron chi connectivity index (χ4n) is 1.75. The van der Waals surface area contributed by atoms with E-state index in [1.165, 1.54) is 5.56 Å². The molecular formula is C14H16O. The second-order valence-electron chi connectivity index (χ2n) is 3.75. The first-order chi connectivity index (χ1) is 7.42. The summed E-state index contributed by atoms with van der Waals surface area (Å²) in [6.07, 6.45) is 8.86. The molecule has 2 atom stereocenters. The first-order valence-corrected chi connectivity index (χ1v) is 5.40. The van der Waals surface area contributed by atoms with E-state index in [0.717, 1.165) is 12.8 Å². The van der Waals surface area contributed by atoms with E-state index in [9.17, 15) is 0 Å². The topological polar surface area (TPSA) is 12.5 Å². The third-order valence-electron chi connectivity index (χ3n) is 2.60. The van der Waals surface area contributed by atoms with Crippen LogP contribution in [0.5, 0.6) is 0 Å². The van der Waals surface area contributed by atoms with Crippen molar-refractivity contribution in [3.05, 3.63) is 60.7 Å². The minimum atomic E-state index is 0.336. The quantitative estimate of drug-likeness (QED) is 0.522. The molecule has 0 N–H and O–H groups in total. The fourth-order valence-corrected chi connectivity index (χ4v) is 1.75. The second kappa shape index (κ2) is 4.94. The Bertz CT molecular complexity index is 340. The number of ether oxygens (including phenoxy) is 1. The van der Waals surface area contributed by atoms with Crippen molar-refractivity contribution in [3.63, 3.8) is 0 Å². The lowest BCUT2D eigenvalue weighted by Crippen LogP contribution is -1.87. The van der Waals surface area contributed by atoms with Crippen molar-refractivity contribution in [2.24, 2.45) is 0 Å². The summed E-state index contributed by atoms with van der Waals surface area (Å²) in [7, 11) is 0. The van der Waals surface area contributed by atoms with Gasteiger partial charge in [-0.1, -0.05) is 55.1 Å². The molecule has 0 radical (unpaired) electrons. The van der Waals surface area contributed by atoms with Crippen LogP contribution in [0.15, 0.2) is 55.1 Å². The van der Waals surface area contributed by atoms with Gasteiger partial charge in [0.2, 0.25) is 0 Å². The van der Waals surface area contributed by atoms with Crippen LogP contribution < -0.4 is 0 Å². The Morgan fingerprint density at radius 2 is 2.07 bits per heavy atom. The summed E-state index contributed by atoms with van der Waals surface area (Å²) in [5, 5.41) is 0. The van der Waals surface area contributed by atoms with Gasteiger partial charge in [-0.3, -0.25) is 0 Å². The Kier molecular flexibility index (Phi) is 3.36. The molecule has 1 aromatic carbocycles. The maximum absolute atomic E-state index is 5.62. The third kappa shape index (κ3) is 2.80. The van der Waals surface area contributed by atoms with Crippen molar-refractivity contribution in [1.29, 1.82) is 0 Å². The number of hydrogen-bond donors (Lipinski definition) is 0. The van der Waals surface area contributed by atoms with E-state index in [1.54, 1.807) is 0 Å². The van der Waals surface area contributed by atoms with Crippen LogP contribution in [0.4, 0.5) is 0 Å². The largest absolute Gasteiger partial charge is 0.364 e. The number of rotatable bonds is 5. The summed E-state index contributed by atoms with van der Waals surface area (Å²) < 4.78 is 5.62. The van der Waals surface area contributed by atoms with Gasteiger partial charge in [-0.25, -0.2) is 0 Å². The monoisotopic (exact) mass is 200 g/mol. The summed E-state index contributed by atoms with van der Waals surface area (Å²) in [4.78, 5) is 0. The third-order valence-corrected chi connectivity index (χ3v) is 2.60. The molecule has 1 aliphatic heterocycles. The molecule has 2 unspecified atom stereocenters. The number of hydrogen-bond acceptors (Lipinski definition) is 1. The van der Waals surface area contributed by atoms with E-state index in [0.29, 0.717) is 12.2 Å². The molecule has 0 aromatic heterocycles. The van der Waals surface area contributed by atoms with E-state index in [-0.39, 0.29) is 0 Å². The molecule has 1 fully saturated rings. The van der Waals surface area contributed by atoms with Gasteiger partial charge in [0.15, 0.2) is 0 Å². The average Bonchev–Trinajstić information content (AvgIpc) is 3.05. The van der Waals surface area contributed by atoms with Gasteiger partial charge in [0.1, 0.15) is 6.10 Å². The van der Waals surface area contributed by atoms with Crippen LogP contribution in [-0.4, -0.2) is 6.10 Å². The van der Waals surface area contributed by atoms with E-state index >= 15 is 0 Å². The first kappa shape index (κ1) is 10.2. The summed E-state index contributed by atoms with van der Waals surface area (Å²) >= 11 is 0. The molecule has 0 saturated carbocycles. The highest BCUT2D eigenvalue weighted by Gasteiger charge is 2.38. The maximum Gasteiger partial charge on any atom is 0.109 e. The van der Waals surface area contributed by atoms with Crippen molar-refractivity contribution >= 4 is 0 Å². The Morgan fingerprint density at radius 3 is 2.80 bits per heavy atom. The van der Waals surface area contributed by atoms with Crippen LogP contribution in [0.2, 0.25) is 0 Å². The van der Waals surface area contributed by atoms with Gasteiger partial charge < -0.3 is 4.74 Å². The minimum Gasteiger partial charge on any atom is -0.364 e. The zero-order valence-electron chi connectivity index (χ0n) is 8.80. The zero-order chi connectivity index (χ0) is 10.5. The van der Waals surface area contributed by atoms with E-state index < -0.39 is 0 Å². The molecule has 0 aliphatic carbocycles. The lowest BCUT2D eigenvalue weighted by molar-refractivity contribution is 0.366. The normalized spacial score (nSPS) is 24.3. The van der Waals surface area contributed by atoms with Crippen molar-refractivity contribution in [3.8, 4) is 0 Å². The van der Waals surface area contributed by atoms with Crippen molar-refractivity contribution in [2.75, 3.05) is 0 Å². The molecule has 1 heteroatoms. The SMILES string of the molecule is C=C/C=C/CCC1OC1c1ccccc1. The highest BCUT2D eigenvalue weighted by Crippen LogP contribution is 2.41. The standard InChI is InChI=1S/C14H16O/c1-2-3-4-8-11-13-14(15-13)12-9-6-5-7-10-12/h2-7,9-10,13-14H,1,8,11H2/b4-3+. The van der Waals surface area contributed by atoms with Crippen molar-refractivity contribution < 1.29 is 4.74 Å². The fraction of sp³-hybridized carbons (Fsp3) is 0.286. The Hall–Kier alpha value is -1.34.